The van der Waals surface area contributed by atoms with Gasteiger partial charge in [0.1, 0.15) is 5.56 Å². The number of carboxylic acids is 1. The summed E-state index contributed by atoms with van der Waals surface area (Å²) in [5, 5.41) is 11.0. The van der Waals surface area contributed by atoms with Gasteiger partial charge in [0.2, 0.25) is 0 Å². The molecule has 0 aromatic carbocycles. The van der Waals surface area contributed by atoms with E-state index in [1.807, 2.05) is 0 Å². The van der Waals surface area contributed by atoms with Crippen LogP contribution in [0.3, 0.4) is 0 Å². The van der Waals surface area contributed by atoms with Crippen LogP contribution in [0.2, 0.25) is 0 Å². The number of hydrogen-bond donors (Lipinski definition) is 1. The normalized spacial score (nSPS) is 12.1. The Hall–Kier alpha value is -1.82. The van der Waals surface area contributed by atoms with Crippen molar-refractivity contribution < 1.29 is 35.5 Å². The molecule has 0 bridgehead atoms. The molecule has 1 heterocycles. The summed E-state index contributed by atoms with van der Waals surface area (Å²) in [5.41, 5.74) is -0.842. The minimum absolute atomic E-state index is 0.0568. The van der Waals surface area contributed by atoms with Crippen LogP contribution in [-0.4, -0.2) is 49.1 Å². The number of halogens is 2. The van der Waals surface area contributed by atoms with Crippen molar-refractivity contribution in [1.82, 2.24) is 9.19 Å². The van der Waals surface area contributed by atoms with E-state index in [2.05, 4.69) is 5.10 Å². The highest BCUT2D eigenvalue weighted by molar-refractivity contribution is 7.93. The topological polar surface area (TPSA) is 123 Å². The third-order valence-electron chi connectivity index (χ3n) is 2.22. The van der Waals surface area contributed by atoms with Crippen LogP contribution in [0.25, 0.3) is 0 Å². The Balaban J connectivity index is 3.42. The van der Waals surface area contributed by atoms with Crippen LogP contribution in [0.15, 0.2) is 23.4 Å². The van der Waals surface area contributed by atoms with E-state index in [4.69, 9.17) is 5.11 Å². The molecule has 0 aliphatic heterocycles. The minimum atomic E-state index is -4.44. The Morgan fingerprint density at radius 1 is 1.38 bits per heavy atom. The van der Waals surface area contributed by atoms with Crippen LogP contribution in [0.1, 0.15) is 16.8 Å². The van der Waals surface area contributed by atoms with Crippen molar-refractivity contribution in [3.63, 3.8) is 0 Å². The molecule has 0 spiro atoms. The molecule has 0 radical (unpaired) electrons. The maximum absolute atomic E-state index is 12.0. The van der Waals surface area contributed by atoms with Gasteiger partial charge < -0.3 is 5.11 Å². The lowest BCUT2D eigenvalue weighted by Gasteiger charge is -2.06. The zero-order valence-corrected chi connectivity index (χ0v) is 12.2. The van der Waals surface area contributed by atoms with Gasteiger partial charge in [0.05, 0.1) is 18.2 Å². The van der Waals surface area contributed by atoms with Gasteiger partial charge >= 0.3 is 5.97 Å². The second-order valence-electron chi connectivity index (χ2n) is 3.88. The minimum Gasteiger partial charge on any atom is -0.478 e. The molecular formula is C9H10F2N2O6S2. The zero-order valence-electron chi connectivity index (χ0n) is 10.5. The van der Waals surface area contributed by atoms with E-state index in [1.54, 1.807) is 0 Å². The Morgan fingerprint density at radius 3 is 2.38 bits per heavy atom. The van der Waals surface area contributed by atoms with Crippen LogP contribution in [0.5, 0.6) is 0 Å². The third-order valence-corrected chi connectivity index (χ3v) is 5.00. The molecule has 0 saturated heterocycles. The molecule has 1 rings (SSSR count). The van der Waals surface area contributed by atoms with Gasteiger partial charge in [-0.2, -0.15) is 13.9 Å². The molecule has 1 N–H and O–H groups in total. The predicted molar refractivity (Wildman–Crippen MR) is 66.4 cm³/mol. The van der Waals surface area contributed by atoms with Gasteiger partial charge in [-0.1, -0.05) is 0 Å². The van der Waals surface area contributed by atoms with Gasteiger partial charge in [-0.15, -0.1) is 4.09 Å². The lowest BCUT2D eigenvalue weighted by atomic mass is 10.4. The molecule has 1 aromatic heterocycles. The Morgan fingerprint density at radius 2 is 1.95 bits per heavy atom. The molecule has 0 unspecified atom stereocenters. The van der Waals surface area contributed by atoms with Gasteiger partial charge in [0, 0.05) is 0 Å². The fourth-order valence-electron chi connectivity index (χ4n) is 1.41. The number of nitrogens with zero attached hydrogens (tertiary/aromatic N) is 2. The molecule has 8 nitrogen and oxygen atoms in total. The molecule has 0 saturated carbocycles. The first kappa shape index (κ1) is 17.2. The van der Waals surface area contributed by atoms with Crippen LogP contribution in [-0.2, 0) is 19.9 Å². The van der Waals surface area contributed by atoms with Crippen LogP contribution < -0.4 is 0 Å². The third kappa shape index (κ3) is 4.07. The van der Waals surface area contributed by atoms with Gasteiger partial charge in [-0.3, -0.25) is 0 Å². The van der Waals surface area contributed by atoms with E-state index in [9.17, 15) is 30.4 Å². The maximum Gasteiger partial charge on any atom is 0.340 e. The van der Waals surface area contributed by atoms with Crippen molar-refractivity contribution in [3.8, 4) is 0 Å². The van der Waals surface area contributed by atoms with E-state index in [0.29, 0.717) is 18.5 Å². The molecular weight excluding hydrogens is 334 g/mol. The van der Waals surface area contributed by atoms with Gasteiger partial charge in [0.25, 0.3) is 16.1 Å². The van der Waals surface area contributed by atoms with E-state index >= 15 is 0 Å². The summed E-state index contributed by atoms with van der Waals surface area (Å²) >= 11 is 0. The van der Waals surface area contributed by atoms with Crippen LogP contribution in [0, 0.1) is 0 Å². The number of aromatic carboxylic acids is 1. The van der Waals surface area contributed by atoms with Crippen LogP contribution >= 0.6 is 0 Å². The molecule has 21 heavy (non-hydrogen) atoms. The van der Waals surface area contributed by atoms with Gasteiger partial charge in [-0.05, 0) is 12.5 Å². The highest BCUT2D eigenvalue weighted by Gasteiger charge is 2.31. The van der Waals surface area contributed by atoms with Crippen molar-refractivity contribution in [2.24, 2.45) is 0 Å². The summed E-state index contributed by atoms with van der Waals surface area (Å²) in [6, 6.07) is 0. The molecule has 0 aliphatic rings. The summed E-state index contributed by atoms with van der Waals surface area (Å²) < 4.78 is 70.7. The Labute approximate surface area is 118 Å². The highest BCUT2D eigenvalue weighted by atomic mass is 32.2. The number of sulfone groups is 1. The molecule has 0 amide bonds. The lowest BCUT2D eigenvalue weighted by Crippen LogP contribution is -2.21. The number of allylic oxidation sites excluding steroid dienone is 1. The first-order valence-corrected chi connectivity index (χ1v) is 8.72. The summed E-state index contributed by atoms with van der Waals surface area (Å²) in [4.78, 5) is 10.9. The van der Waals surface area contributed by atoms with E-state index in [0.717, 1.165) is 0 Å². The Bertz CT molecular complexity index is 790. The largest absolute Gasteiger partial charge is 0.478 e. The van der Waals surface area contributed by atoms with E-state index in [1.165, 1.54) is 0 Å². The van der Waals surface area contributed by atoms with Crippen molar-refractivity contribution in [2.75, 3.05) is 12.0 Å². The number of rotatable bonds is 6. The smallest absolute Gasteiger partial charge is 0.340 e. The molecule has 0 aliphatic carbocycles. The molecule has 12 heteroatoms. The molecule has 1 aromatic rings. The first-order valence-electron chi connectivity index (χ1n) is 5.22. The van der Waals surface area contributed by atoms with Crippen molar-refractivity contribution in [3.05, 3.63) is 23.9 Å². The molecule has 0 fully saturated rings. The van der Waals surface area contributed by atoms with E-state index < -0.39 is 54.7 Å². The molecule has 118 valence electrons. The summed E-state index contributed by atoms with van der Waals surface area (Å²) in [7, 11) is -8.61. The zero-order chi connectivity index (χ0) is 16.4. The second kappa shape index (κ2) is 5.89. The number of aromatic nitrogens is 2. The number of carbonyl (C=O) groups is 1. The summed E-state index contributed by atoms with van der Waals surface area (Å²) in [6.07, 6.45) is -1.16. The molecule has 0 atom stereocenters. The van der Waals surface area contributed by atoms with Gasteiger partial charge in [-0.25, -0.2) is 21.6 Å². The maximum atomic E-state index is 12.0. The average Bonchev–Trinajstić information content (AvgIpc) is 2.72. The monoisotopic (exact) mass is 344 g/mol. The highest BCUT2D eigenvalue weighted by Crippen LogP contribution is 2.20. The van der Waals surface area contributed by atoms with Crippen molar-refractivity contribution >= 4 is 25.8 Å². The van der Waals surface area contributed by atoms with Gasteiger partial charge in [0.15, 0.2) is 14.9 Å². The van der Waals surface area contributed by atoms with Crippen LogP contribution in [0.4, 0.5) is 8.78 Å². The quantitative estimate of drug-likeness (QED) is 0.789. The SMILES string of the molecule is CS(=O)(=O)n1ncc(C(=O)O)c1S(=O)(=O)CCC=C(F)F. The Kier molecular flexibility index (Phi) is 4.83. The summed E-state index contributed by atoms with van der Waals surface area (Å²) in [6.45, 7) is 0. The number of carboxylic acid groups (broad SMARTS) is 1. The summed E-state index contributed by atoms with van der Waals surface area (Å²) in [5.74, 6) is -2.58. The average molecular weight is 344 g/mol. The lowest BCUT2D eigenvalue weighted by molar-refractivity contribution is 0.0692. The standard InChI is InChI=1S/C9H10F2N2O6S2/c1-20(16,17)13-8(6(5-12-13)9(14)15)21(18,19)4-2-3-7(10)11/h3,5H,2,4H2,1H3,(H,14,15). The second-order valence-corrected chi connectivity index (χ2v) is 7.71. The fraction of sp³-hybridized carbons (Fsp3) is 0.333. The first-order chi connectivity index (χ1) is 9.47. The fourth-order valence-corrected chi connectivity index (χ4v) is 4.16. The predicted octanol–water partition coefficient (Wildman–Crippen LogP) is 0.333. The number of hydrogen-bond acceptors (Lipinski definition) is 6. The van der Waals surface area contributed by atoms with Crippen molar-refractivity contribution in [2.45, 2.75) is 11.4 Å². The van der Waals surface area contributed by atoms with Crippen molar-refractivity contribution in [1.29, 1.82) is 0 Å². The van der Waals surface area contributed by atoms with E-state index in [-0.39, 0.29) is 4.09 Å².